The van der Waals surface area contributed by atoms with Crippen molar-refractivity contribution in [2.45, 2.75) is 13.0 Å². The summed E-state index contributed by atoms with van der Waals surface area (Å²) in [5.41, 5.74) is 2.60. The van der Waals surface area contributed by atoms with Crippen LogP contribution in [0, 0.1) is 0 Å². The number of anilines is 2. The molecule has 1 aromatic carbocycles. The molecular formula is C20H20N4O3S. The zero-order valence-electron chi connectivity index (χ0n) is 15.6. The van der Waals surface area contributed by atoms with Crippen LogP contribution in [-0.4, -0.2) is 42.3 Å². The van der Waals surface area contributed by atoms with Gasteiger partial charge < -0.3 is 14.2 Å². The first-order valence-electron chi connectivity index (χ1n) is 8.91. The van der Waals surface area contributed by atoms with Gasteiger partial charge in [0.2, 0.25) is 0 Å². The van der Waals surface area contributed by atoms with Crippen LogP contribution < -0.4 is 10.2 Å². The molecule has 1 aliphatic rings. The van der Waals surface area contributed by atoms with E-state index in [9.17, 15) is 9.59 Å². The molecule has 144 valence electrons. The summed E-state index contributed by atoms with van der Waals surface area (Å²) in [6.07, 6.45) is 2.12. The number of nitrogens with zero attached hydrogens (tertiary/aromatic N) is 3. The second kappa shape index (κ2) is 7.47. The molecule has 0 saturated carbocycles. The Morgan fingerprint density at radius 1 is 1.25 bits per heavy atom. The van der Waals surface area contributed by atoms with Gasteiger partial charge in [-0.15, -0.1) is 0 Å². The van der Waals surface area contributed by atoms with Crippen molar-refractivity contribution in [2.75, 3.05) is 30.9 Å². The second-order valence-electron chi connectivity index (χ2n) is 6.74. The van der Waals surface area contributed by atoms with Crippen LogP contribution in [0.4, 0.5) is 10.8 Å². The van der Waals surface area contributed by atoms with E-state index in [2.05, 4.69) is 10.3 Å². The Hall–Kier alpha value is -3.13. The number of amides is 2. The van der Waals surface area contributed by atoms with Gasteiger partial charge in [0.25, 0.3) is 11.8 Å². The highest BCUT2D eigenvalue weighted by Crippen LogP contribution is 2.29. The number of furan rings is 1. The third-order valence-electron chi connectivity index (χ3n) is 4.59. The minimum Gasteiger partial charge on any atom is -0.459 e. The highest BCUT2D eigenvalue weighted by molar-refractivity contribution is 7.15. The fourth-order valence-corrected chi connectivity index (χ4v) is 4.11. The van der Waals surface area contributed by atoms with Crippen LogP contribution >= 0.6 is 11.3 Å². The van der Waals surface area contributed by atoms with Gasteiger partial charge in [-0.25, -0.2) is 4.98 Å². The van der Waals surface area contributed by atoms with Gasteiger partial charge in [-0.2, -0.15) is 0 Å². The normalized spacial score (nSPS) is 13.1. The van der Waals surface area contributed by atoms with Crippen LogP contribution in [0.5, 0.6) is 0 Å². The lowest BCUT2D eigenvalue weighted by Gasteiger charge is -2.26. The molecule has 0 saturated heterocycles. The summed E-state index contributed by atoms with van der Waals surface area (Å²) >= 11 is 1.40. The van der Waals surface area contributed by atoms with E-state index in [1.54, 1.807) is 12.1 Å². The summed E-state index contributed by atoms with van der Waals surface area (Å²) in [6.45, 7) is 1.10. The fourth-order valence-electron chi connectivity index (χ4n) is 3.09. The van der Waals surface area contributed by atoms with E-state index in [4.69, 9.17) is 4.42 Å². The molecule has 8 heteroatoms. The molecule has 3 aromatic rings. The number of nitrogens with one attached hydrogen (secondary N) is 1. The molecule has 2 aromatic heterocycles. The molecule has 0 bridgehead atoms. The van der Waals surface area contributed by atoms with E-state index >= 15 is 0 Å². The molecule has 4 rings (SSSR count). The van der Waals surface area contributed by atoms with E-state index in [1.165, 1.54) is 17.6 Å². The van der Waals surface area contributed by atoms with Gasteiger partial charge in [0, 0.05) is 43.2 Å². The van der Waals surface area contributed by atoms with Crippen LogP contribution in [0.2, 0.25) is 0 Å². The summed E-state index contributed by atoms with van der Waals surface area (Å²) in [6, 6.07) is 10.9. The van der Waals surface area contributed by atoms with E-state index in [1.807, 2.05) is 48.2 Å². The van der Waals surface area contributed by atoms with Crippen molar-refractivity contribution in [1.29, 1.82) is 0 Å². The molecule has 7 nitrogen and oxygen atoms in total. The van der Waals surface area contributed by atoms with Gasteiger partial charge in [0.05, 0.1) is 18.5 Å². The Morgan fingerprint density at radius 2 is 2.11 bits per heavy atom. The Balaban J connectivity index is 1.47. The average molecular weight is 396 g/mol. The Labute approximate surface area is 166 Å². The van der Waals surface area contributed by atoms with Crippen molar-refractivity contribution in [2.24, 2.45) is 0 Å². The Kier molecular flexibility index (Phi) is 4.87. The Morgan fingerprint density at radius 3 is 2.86 bits per heavy atom. The summed E-state index contributed by atoms with van der Waals surface area (Å²) in [5.74, 6) is -0.0841. The minimum atomic E-state index is -0.329. The van der Waals surface area contributed by atoms with E-state index in [0.29, 0.717) is 30.2 Å². The molecule has 1 N–H and O–H groups in total. The zero-order chi connectivity index (χ0) is 19.7. The van der Waals surface area contributed by atoms with Crippen LogP contribution in [0.25, 0.3) is 0 Å². The van der Waals surface area contributed by atoms with Crippen molar-refractivity contribution in [3.05, 3.63) is 64.6 Å². The molecule has 0 atom stereocenters. The number of rotatable bonds is 4. The number of benzene rings is 1. The van der Waals surface area contributed by atoms with Gasteiger partial charge in [-0.05, 0) is 30.3 Å². The maximum absolute atomic E-state index is 12.9. The summed E-state index contributed by atoms with van der Waals surface area (Å²) < 4.78 is 5.10. The van der Waals surface area contributed by atoms with E-state index < -0.39 is 0 Å². The molecule has 0 radical (unpaired) electrons. The molecule has 3 heterocycles. The lowest BCUT2D eigenvalue weighted by atomic mass is 10.1. The molecule has 1 aliphatic heterocycles. The number of thiazole rings is 1. The first-order valence-corrected chi connectivity index (χ1v) is 9.73. The van der Waals surface area contributed by atoms with Gasteiger partial charge in [-0.3, -0.25) is 14.9 Å². The third kappa shape index (κ3) is 3.63. The minimum absolute atomic E-state index is 0.00363. The number of aromatic nitrogens is 1. The molecule has 28 heavy (non-hydrogen) atoms. The zero-order valence-corrected chi connectivity index (χ0v) is 16.5. The smallest absolute Gasteiger partial charge is 0.293 e. The van der Waals surface area contributed by atoms with E-state index in [-0.39, 0.29) is 17.6 Å². The van der Waals surface area contributed by atoms with Gasteiger partial charge in [0.1, 0.15) is 0 Å². The summed E-state index contributed by atoms with van der Waals surface area (Å²) in [5, 5.41) is 3.29. The largest absolute Gasteiger partial charge is 0.459 e. The monoisotopic (exact) mass is 396 g/mol. The lowest BCUT2D eigenvalue weighted by Crippen LogP contribution is -2.35. The van der Waals surface area contributed by atoms with Crippen LogP contribution in [0.1, 0.15) is 31.5 Å². The standard InChI is InChI=1S/C20H20N4O3S/c1-23(2)14-6-3-5-13(11-14)19(26)24-9-8-15-17(12-24)28-20(21-15)22-18(25)16-7-4-10-27-16/h3-7,10-11H,8-9,12H2,1-2H3,(H,21,22,25). The summed E-state index contributed by atoms with van der Waals surface area (Å²) in [7, 11) is 3.90. The van der Waals surface area contributed by atoms with Crippen molar-refractivity contribution in [1.82, 2.24) is 9.88 Å². The SMILES string of the molecule is CN(C)c1cccc(C(=O)N2CCc3nc(NC(=O)c4ccco4)sc3C2)c1. The molecular weight excluding hydrogens is 376 g/mol. The predicted molar refractivity (Wildman–Crippen MR) is 108 cm³/mol. The van der Waals surface area contributed by atoms with E-state index in [0.717, 1.165) is 16.3 Å². The quantitative estimate of drug-likeness (QED) is 0.732. The first-order chi connectivity index (χ1) is 13.5. The first kappa shape index (κ1) is 18.2. The molecule has 2 amide bonds. The van der Waals surface area contributed by atoms with Gasteiger partial charge in [-0.1, -0.05) is 17.4 Å². The van der Waals surface area contributed by atoms with Crippen molar-refractivity contribution in [3.63, 3.8) is 0 Å². The topological polar surface area (TPSA) is 78.7 Å². The molecule has 0 aliphatic carbocycles. The van der Waals surface area contributed by atoms with Crippen LogP contribution in [0.3, 0.4) is 0 Å². The number of hydrogen-bond donors (Lipinski definition) is 1. The molecule has 0 spiro atoms. The molecule has 0 unspecified atom stereocenters. The Bertz CT molecular complexity index is 1010. The lowest BCUT2D eigenvalue weighted by molar-refractivity contribution is 0.0736. The van der Waals surface area contributed by atoms with Crippen molar-refractivity contribution < 1.29 is 14.0 Å². The van der Waals surface area contributed by atoms with Gasteiger partial charge >= 0.3 is 0 Å². The van der Waals surface area contributed by atoms with Crippen LogP contribution in [0.15, 0.2) is 47.1 Å². The van der Waals surface area contributed by atoms with Gasteiger partial charge in [0.15, 0.2) is 10.9 Å². The fraction of sp³-hybridized carbons (Fsp3) is 0.250. The summed E-state index contributed by atoms with van der Waals surface area (Å²) in [4.78, 5) is 34.4. The number of carbonyl (C=O) groups is 2. The number of carbonyl (C=O) groups excluding carboxylic acids is 2. The number of hydrogen-bond acceptors (Lipinski definition) is 6. The average Bonchev–Trinajstić information content (AvgIpc) is 3.36. The molecule has 0 fully saturated rings. The maximum Gasteiger partial charge on any atom is 0.293 e. The predicted octanol–water partition coefficient (Wildman–Crippen LogP) is 3.25. The maximum atomic E-state index is 12.9. The van der Waals surface area contributed by atoms with Crippen molar-refractivity contribution in [3.8, 4) is 0 Å². The highest BCUT2D eigenvalue weighted by Gasteiger charge is 2.26. The van der Waals surface area contributed by atoms with Crippen LogP contribution in [-0.2, 0) is 13.0 Å². The third-order valence-corrected chi connectivity index (χ3v) is 5.59. The van der Waals surface area contributed by atoms with Crippen molar-refractivity contribution >= 4 is 34.0 Å². The number of fused-ring (bicyclic) bond motifs is 1. The second-order valence-corrected chi connectivity index (χ2v) is 7.83. The highest BCUT2D eigenvalue weighted by atomic mass is 32.1.